The van der Waals surface area contributed by atoms with Crippen LogP contribution in [0.25, 0.3) is 6.08 Å². The number of aliphatic imine (C=N–C) groups is 1. The van der Waals surface area contributed by atoms with Crippen LogP contribution in [-0.4, -0.2) is 39.5 Å². The monoisotopic (exact) mass is 400 g/mol. The Hall–Kier alpha value is -3.13. The SMILES string of the molecule is COc1ccc(N=C2NC(=O)C(=Cc3ccc(OC)c(OC)c3)S2)c(OC)c1. The molecule has 0 bridgehead atoms. The van der Waals surface area contributed by atoms with Crippen LogP contribution in [0.4, 0.5) is 5.69 Å². The normalized spacial score (nSPS) is 16.2. The van der Waals surface area contributed by atoms with E-state index in [0.29, 0.717) is 38.8 Å². The Bertz CT molecular complexity index is 956. The van der Waals surface area contributed by atoms with Gasteiger partial charge in [-0.25, -0.2) is 4.99 Å². The molecule has 0 saturated carbocycles. The molecule has 7 nitrogen and oxygen atoms in total. The predicted octanol–water partition coefficient (Wildman–Crippen LogP) is 3.61. The number of benzene rings is 2. The Morgan fingerprint density at radius 2 is 1.64 bits per heavy atom. The summed E-state index contributed by atoms with van der Waals surface area (Å²) in [5, 5.41) is 3.24. The summed E-state index contributed by atoms with van der Waals surface area (Å²) in [4.78, 5) is 17.3. The van der Waals surface area contributed by atoms with Gasteiger partial charge in [0, 0.05) is 6.07 Å². The third-order valence-electron chi connectivity index (χ3n) is 3.97. The van der Waals surface area contributed by atoms with E-state index in [0.717, 1.165) is 5.56 Å². The standard InChI is InChI=1S/C20H20N2O5S/c1-24-13-6-7-14(16(11-13)26-3)21-20-22-19(23)18(28-20)10-12-5-8-15(25-2)17(9-12)27-4/h5-11H,1-4H3,(H,21,22,23). The molecule has 1 heterocycles. The van der Waals surface area contributed by atoms with E-state index < -0.39 is 0 Å². The first-order valence-electron chi connectivity index (χ1n) is 8.31. The molecule has 28 heavy (non-hydrogen) atoms. The van der Waals surface area contributed by atoms with Gasteiger partial charge in [-0.3, -0.25) is 4.79 Å². The Balaban J connectivity index is 1.86. The summed E-state index contributed by atoms with van der Waals surface area (Å²) in [7, 11) is 6.28. The molecule has 3 rings (SSSR count). The first-order chi connectivity index (χ1) is 13.6. The smallest absolute Gasteiger partial charge is 0.264 e. The van der Waals surface area contributed by atoms with Crippen LogP contribution in [0.15, 0.2) is 46.3 Å². The maximum absolute atomic E-state index is 12.3. The lowest BCUT2D eigenvalue weighted by Gasteiger charge is -2.07. The zero-order chi connectivity index (χ0) is 20.1. The predicted molar refractivity (Wildman–Crippen MR) is 110 cm³/mol. The number of hydrogen-bond acceptors (Lipinski definition) is 7. The molecule has 1 fully saturated rings. The minimum Gasteiger partial charge on any atom is -0.497 e. The molecule has 1 amide bonds. The van der Waals surface area contributed by atoms with Gasteiger partial charge >= 0.3 is 0 Å². The lowest BCUT2D eigenvalue weighted by Crippen LogP contribution is -2.19. The van der Waals surface area contributed by atoms with Gasteiger partial charge in [-0.15, -0.1) is 0 Å². The van der Waals surface area contributed by atoms with Crippen molar-refractivity contribution < 1.29 is 23.7 Å². The molecule has 2 aromatic carbocycles. The molecule has 2 aromatic rings. The van der Waals surface area contributed by atoms with Crippen molar-refractivity contribution in [1.82, 2.24) is 5.32 Å². The van der Waals surface area contributed by atoms with Gasteiger partial charge < -0.3 is 24.3 Å². The first-order valence-corrected chi connectivity index (χ1v) is 9.13. The summed E-state index contributed by atoms with van der Waals surface area (Å²) in [6.07, 6.45) is 1.77. The maximum Gasteiger partial charge on any atom is 0.264 e. The Kier molecular flexibility index (Phi) is 6.10. The average molecular weight is 400 g/mol. The largest absolute Gasteiger partial charge is 0.497 e. The van der Waals surface area contributed by atoms with Crippen LogP contribution in [-0.2, 0) is 4.79 Å². The van der Waals surface area contributed by atoms with Gasteiger partial charge in [-0.05, 0) is 47.7 Å². The average Bonchev–Trinajstić information content (AvgIpc) is 3.06. The molecule has 146 valence electrons. The third kappa shape index (κ3) is 4.23. The van der Waals surface area contributed by atoms with Crippen LogP contribution in [0.1, 0.15) is 5.56 Å². The van der Waals surface area contributed by atoms with Crippen molar-refractivity contribution in [3.63, 3.8) is 0 Å². The van der Waals surface area contributed by atoms with Gasteiger partial charge in [-0.2, -0.15) is 0 Å². The second-order valence-electron chi connectivity index (χ2n) is 5.63. The molecule has 1 saturated heterocycles. The molecule has 1 aliphatic heterocycles. The lowest BCUT2D eigenvalue weighted by atomic mass is 10.2. The van der Waals surface area contributed by atoms with Crippen LogP contribution in [0.5, 0.6) is 23.0 Å². The molecule has 1 N–H and O–H groups in total. The number of nitrogens with one attached hydrogen (secondary N) is 1. The summed E-state index contributed by atoms with van der Waals surface area (Å²) < 4.78 is 21.1. The van der Waals surface area contributed by atoms with E-state index in [1.165, 1.54) is 11.8 Å². The van der Waals surface area contributed by atoms with Crippen LogP contribution in [0.3, 0.4) is 0 Å². The fourth-order valence-electron chi connectivity index (χ4n) is 2.56. The second kappa shape index (κ2) is 8.71. The summed E-state index contributed by atoms with van der Waals surface area (Å²) in [5.41, 5.74) is 1.41. The van der Waals surface area contributed by atoms with Crippen LogP contribution in [0, 0.1) is 0 Å². The second-order valence-corrected chi connectivity index (χ2v) is 6.66. The molecule has 0 atom stereocenters. The Morgan fingerprint density at radius 1 is 0.893 bits per heavy atom. The molecule has 8 heteroatoms. The third-order valence-corrected chi connectivity index (χ3v) is 4.87. The van der Waals surface area contributed by atoms with E-state index >= 15 is 0 Å². The summed E-state index contributed by atoms with van der Waals surface area (Å²) in [6, 6.07) is 10.7. The first kappa shape index (κ1) is 19.6. The zero-order valence-corrected chi connectivity index (χ0v) is 16.8. The molecule has 1 aliphatic rings. The van der Waals surface area contributed by atoms with Gasteiger partial charge in [0.2, 0.25) is 0 Å². The van der Waals surface area contributed by atoms with Crippen molar-refractivity contribution in [3.05, 3.63) is 46.9 Å². The van der Waals surface area contributed by atoms with Crippen molar-refractivity contribution in [3.8, 4) is 23.0 Å². The minimum atomic E-state index is -0.217. The van der Waals surface area contributed by atoms with Gasteiger partial charge in [0.1, 0.15) is 17.2 Å². The van der Waals surface area contributed by atoms with Gasteiger partial charge in [-0.1, -0.05) is 6.07 Å². The number of amides is 1. The summed E-state index contributed by atoms with van der Waals surface area (Å²) >= 11 is 1.25. The van der Waals surface area contributed by atoms with E-state index in [1.54, 1.807) is 64.8 Å². The fraction of sp³-hybridized carbons (Fsp3) is 0.200. The van der Waals surface area contributed by atoms with E-state index in [2.05, 4.69) is 10.3 Å². The molecular formula is C20H20N2O5S. The lowest BCUT2D eigenvalue weighted by molar-refractivity contribution is -0.115. The van der Waals surface area contributed by atoms with Crippen LogP contribution < -0.4 is 24.3 Å². The minimum absolute atomic E-state index is 0.217. The molecule has 0 spiro atoms. The highest BCUT2D eigenvalue weighted by Crippen LogP contribution is 2.35. The molecule has 0 aliphatic carbocycles. The van der Waals surface area contributed by atoms with Crippen LogP contribution in [0.2, 0.25) is 0 Å². The summed E-state index contributed by atoms with van der Waals surface area (Å²) in [6.45, 7) is 0. The van der Waals surface area contributed by atoms with E-state index in [4.69, 9.17) is 18.9 Å². The molecule has 0 aromatic heterocycles. The summed E-state index contributed by atoms with van der Waals surface area (Å²) in [5.74, 6) is 2.22. The van der Waals surface area contributed by atoms with E-state index in [-0.39, 0.29) is 5.91 Å². The maximum atomic E-state index is 12.3. The van der Waals surface area contributed by atoms with Gasteiger partial charge in [0.15, 0.2) is 16.7 Å². The number of thioether (sulfide) groups is 1. The highest BCUT2D eigenvalue weighted by atomic mass is 32.2. The fourth-order valence-corrected chi connectivity index (χ4v) is 3.40. The molecule has 0 unspecified atom stereocenters. The number of carbonyl (C=O) groups excluding carboxylic acids is 1. The van der Waals surface area contributed by atoms with E-state index in [1.807, 2.05) is 6.07 Å². The highest BCUT2D eigenvalue weighted by molar-refractivity contribution is 8.18. The topological polar surface area (TPSA) is 78.4 Å². The molecule has 0 radical (unpaired) electrons. The van der Waals surface area contributed by atoms with Crippen molar-refractivity contribution in [2.45, 2.75) is 0 Å². The number of amidine groups is 1. The van der Waals surface area contributed by atoms with Gasteiger partial charge in [0.25, 0.3) is 5.91 Å². The highest BCUT2D eigenvalue weighted by Gasteiger charge is 2.24. The van der Waals surface area contributed by atoms with Gasteiger partial charge in [0.05, 0.1) is 33.3 Å². The molecular weight excluding hydrogens is 380 g/mol. The number of hydrogen-bond donors (Lipinski definition) is 1. The quantitative estimate of drug-likeness (QED) is 0.747. The van der Waals surface area contributed by atoms with E-state index in [9.17, 15) is 4.79 Å². The number of methoxy groups -OCH3 is 4. The van der Waals surface area contributed by atoms with Crippen molar-refractivity contribution >= 4 is 34.6 Å². The number of carbonyl (C=O) groups is 1. The number of nitrogens with zero attached hydrogens (tertiary/aromatic N) is 1. The van der Waals surface area contributed by atoms with Crippen LogP contribution >= 0.6 is 11.8 Å². The van der Waals surface area contributed by atoms with Crippen molar-refractivity contribution in [2.75, 3.05) is 28.4 Å². The van der Waals surface area contributed by atoms with Crippen molar-refractivity contribution in [2.24, 2.45) is 4.99 Å². The number of ether oxygens (including phenoxy) is 4. The zero-order valence-electron chi connectivity index (χ0n) is 15.9. The Morgan fingerprint density at radius 3 is 2.32 bits per heavy atom. The number of rotatable bonds is 6. The van der Waals surface area contributed by atoms with Crippen molar-refractivity contribution in [1.29, 1.82) is 0 Å². The Labute approximate surface area is 167 Å².